The second-order valence-corrected chi connectivity index (χ2v) is 16.8. The van der Waals surface area contributed by atoms with Crippen molar-refractivity contribution in [2.75, 3.05) is 16.5 Å². The van der Waals surface area contributed by atoms with Gasteiger partial charge in [-0.15, -0.1) is 0 Å². The molecular weight excluding hydrogens is 699 g/mol. The zero-order chi connectivity index (χ0) is 39.4. The highest BCUT2D eigenvalue weighted by Gasteiger charge is 2.32. The van der Waals surface area contributed by atoms with Gasteiger partial charge in [0.15, 0.2) is 0 Å². The fourth-order valence-electron chi connectivity index (χ4n) is 8.30. The summed E-state index contributed by atoms with van der Waals surface area (Å²) in [6.45, 7) is 16.6. The third kappa shape index (κ3) is 6.59. The molecule has 1 aliphatic heterocycles. The minimum absolute atomic E-state index is 0.000757. The molecule has 0 amide bonds. The molecule has 0 spiro atoms. The number of ether oxygens (including phenoxy) is 1. The van der Waals surface area contributed by atoms with Gasteiger partial charge in [-0.25, -0.2) is 4.98 Å². The Labute approximate surface area is 336 Å². The average molecular weight is 748 g/mol. The summed E-state index contributed by atoms with van der Waals surface area (Å²) in [5.41, 5.74) is 13.0. The fourth-order valence-corrected chi connectivity index (χ4v) is 8.30. The summed E-state index contributed by atoms with van der Waals surface area (Å²) in [5, 5.41) is 2.35. The summed E-state index contributed by atoms with van der Waals surface area (Å²) < 4.78 is 8.99. The Kier molecular flexibility index (Phi) is 9.08. The van der Waals surface area contributed by atoms with Gasteiger partial charge in [0.1, 0.15) is 24.0 Å². The second-order valence-electron chi connectivity index (χ2n) is 16.8. The van der Waals surface area contributed by atoms with Crippen molar-refractivity contribution in [1.29, 1.82) is 0 Å². The van der Waals surface area contributed by atoms with E-state index in [-0.39, 0.29) is 5.41 Å². The zero-order valence-electron chi connectivity index (χ0n) is 33.9. The zero-order valence-corrected chi connectivity index (χ0v) is 33.9. The van der Waals surface area contributed by atoms with Gasteiger partial charge in [-0.05, 0) is 113 Å². The molecule has 0 N–H and O–H groups in total. The lowest BCUT2D eigenvalue weighted by Crippen LogP contribution is -2.26. The van der Waals surface area contributed by atoms with Crippen LogP contribution >= 0.6 is 0 Å². The Morgan fingerprint density at radius 3 is 1.98 bits per heavy atom. The van der Waals surface area contributed by atoms with Gasteiger partial charge in [-0.2, -0.15) is 0 Å². The molecule has 0 unspecified atom stereocenters. The highest BCUT2D eigenvalue weighted by atomic mass is 16.5. The van der Waals surface area contributed by atoms with Crippen LogP contribution in [0.5, 0.6) is 11.5 Å². The van der Waals surface area contributed by atoms with E-state index >= 15 is 0 Å². The lowest BCUT2D eigenvalue weighted by Gasteiger charge is -2.30. The van der Waals surface area contributed by atoms with E-state index in [0.29, 0.717) is 18.5 Å². The van der Waals surface area contributed by atoms with Crippen molar-refractivity contribution in [2.24, 2.45) is 0 Å². The molecule has 0 fully saturated rings. The number of fused-ring (bicyclic) bond motifs is 4. The molecule has 0 bridgehead atoms. The predicted octanol–water partition coefficient (Wildman–Crippen LogP) is 13.8. The Balaban J connectivity index is 1.09. The third-order valence-electron chi connectivity index (χ3n) is 11.2. The molecule has 3 aromatic heterocycles. The molecule has 8 aromatic rings. The van der Waals surface area contributed by atoms with Crippen LogP contribution in [0.1, 0.15) is 77.0 Å². The Hall–Kier alpha value is -6.40. The summed E-state index contributed by atoms with van der Waals surface area (Å²) in [6.07, 6.45) is 3.80. The largest absolute Gasteiger partial charge is 0.457 e. The normalized spacial score (nSPS) is 13.0. The second kappa shape index (κ2) is 14.3. The molecule has 0 saturated carbocycles. The van der Waals surface area contributed by atoms with Crippen molar-refractivity contribution in [2.45, 2.75) is 65.7 Å². The van der Waals surface area contributed by atoms with Crippen molar-refractivity contribution >= 4 is 44.6 Å². The maximum Gasteiger partial charge on any atom is 0.137 e. The number of aromatic nitrogens is 3. The van der Waals surface area contributed by atoms with Crippen LogP contribution in [0.2, 0.25) is 0 Å². The molecule has 6 nitrogen and oxygen atoms in total. The number of anilines is 4. The van der Waals surface area contributed by atoms with E-state index in [1.54, 1.807) is 0 Å². The molecule has 1 aliphatic rings. The standard InChI is InChI=1S/C51H49N5O/c1-33(2)42-27-35(44-18-12-13-25-52-44)28-43(34(3)4)50(42)55-32-54(46-20-10-11-21-47(46)55)37-15-14-16-38(30-37)57-39-22-23-41-40-17-8-9-19-45(40)56(48(41)31-39)49-29-36(24-26-53-49)51(5,6)7/h8-31,33-34H,32H2,1-7H3. The van der Waals surface area contributed by atoms with Gasteiger partial charge in [0.2, 0.25) is 0 Å². The smallest absolute Gasteiger partial charge is 0.137 e. The van der Waals surface area contributed by atoms with Crippen LogP contribution in [0.25, 0.3) is 38.9 Å². The molecule has 0 saturated heterocycles. The first-order valence-electron chi connectivity index (χ1n) is 20.1. The lowest BCUT2D eigenvalue weighted by atomic mass is 9.88. The maximum absolute atomic E-state index is 6.73. The average Bonchev–Trinajstić information content (AvgIpc) is 3.76. The monoisotopic (exact) mass is 747 g/mol. The number of hydrogen-bond donors (Lipinski definition) is 0. The van der Waals surface area contributed by atoms with Gasteiger partial charge in [0.05, 0.1) is 28.1 Å². The topological polar surface area (TPSA) is 46.4 Å². The van der Waals surface area contributed by atoms with Gasteiger partial charge in [-0.3, -0.25) is 9.55 Å². The van der Waals surface area contributed by atoms with Crippen LogP contribution < -0.4 is 14.5 Å². The Morgan fingerprint density at radius 1 is 0.579 bits per heavy atom. The summed E-state index contributed by atoms with van der Waals surface area (Å²) >= 11 is 0. The number of hydrogen-bond acceptors (Lipinski definition) is 5. The van der Waals surface area contributed by atoms with E-state index in [4.69, 9.17) is 14.7 Å². The molecule has 6 heteroatoms. The minimum Gasteiger partial charge on any atom is -0.457 e. The van der Waals surface area contributed by atoms with Gasteiger partial charge in [0, 0.05) is 52.2 Å². The molecule has 57 heavy (non-hydrogen) atoms. The van der Waals surface area contributed by atoms with E-state index < -0.39 is 0 Å². The molecule has 0 radical (unpaired) electrons. The highest BCUT2D eigenvalue weighted by Crippen LogP contribution is 2.49. The molecule has 0 atom stereocenters. The van der Waals surface area contributed by atoms with Crippen LogP contribution in [0.4, 0.5) is 22.7 Å². The van der Waals surface area contributed by atoms with Crippen molar-refractivity contribution in [1.82, 2.24) is 14.5 Å². The van der Waals surface area contributed by atoms with Crippen molar-refractivity contribution in [3.8, 4) is 28.6 Å². The first-order chi connectivity index (χ1) is 27.5. The number of para-hydroxylation sites is 3. The van der Waals surface area contributed by atoms with Gasteiger partial charge in [0.25, 0.3) is 0 Å². The van der Waals surface area contributed by atoms with E-state index in [1.165, 1.54) is 39.1 Å². The molecule has 5 aromatic carbocycles. The predicted molar refractivity (Wildman–Crippen MR) is 237 cm³/mol. The molecule has 284 valence electrons. The first kappa shape index (κ1) is 36.3. The molecular formula is C51H49N5O. The van der Waals surface area contributed by atoms with Crippen LogP contribution in [0.15, 0.2) is 146 Å². The number of pyridine rings is 2. The summed E-state index contributed by atoms with van der Waals surface area (Å²) in [5.74, 6) is 3.08. The summed E-state index contributed by atoms with van der Waals surface area (Å²) in [4.78, 5) is 14.5. The van der Waals surface area contributed by atoms with Crippen molar-refractivity contribution < 1.29 is 4.74 Å². The van der Waals surface area contributed by atoms with Crippen LogP contribution in [0, 0.1) is 0 Å². The Morgan fingerprint density at radius 2 is 1.26 bits per heavy atom. The van der Waals surface area contributed by atoms with Gasteiger partial charge in [-0.1, -0.05) is 90.9 Å². The number of nitrogens with zero attached hydrogens (tertiary/aromatic N) is 5. The van der Waals surface area contributed by atoms with E-state index in [0.717, 1.165) is 50.7 Å². The first-order valence-corrected chi connectivity index (χ1v) is 20.1. The molecule has 9 rings (SSSR count). The van der Waals surface area contributed by atoms with Crippen LogP contribution in [-0.2, 0) is 5.41 Å². The summed E-state index contributed by atoms with van der Waals surface area (Å²) in [6, 6.07) is 47.3. The highest BCUT2D eigenvalue weighted by molar-refractivity contribution is 6.09. The van der Waals surface area contributed by atoms with Crippen LogP contribution in [-0.4, -0.2) is 21.2 Å². The minimum atomic E-state index is 0.000757. The summed E-state index contributed by atoms with van der Waals surface area (Å²) in [7, 11) is 0. The maximum atomic E-state index is 6.73. The van der Waals surface area contributed by atoms with Gasteiger partial charge < -0.3 is 14.5 Å². The quantitative estimate of drug-likeness (QED) is 0.155. The SMILES string of the molecule is CC(C)c1cc(-c2ccccn2)cc(C(C)C)c1N1CN(c2cccc(Oc3ccc4c5ccccc5n(-c5cc(C(C)(C)C)ccn5)c4c3)c2)c2ccccc21. The van der Waals surface area contributed by atoms with Gasteiger partial charge >= 0.3 is 0 Å². The van der Waals surface area contributed by atoms with Crippen LogP contribution in [0.3, 0.4) is 0 Å². The van der Waals surface area contributed by atoms with E-state index in [2.05, 4.69) is 184 Å². The fraction of sp³-hybridized carbons (Fsp3) is 0.216. The number of benzene rings is 5. The van der Waals surface area contributed by atoms with E-state index in [1.807, 2.05) is 24.5 Å². The third-order valence-corrected chi connectivity index (χ3v) is 11.2. The molecule has 0 aliphatic carbocycles. The van der Waals surface area contributed by atoms with E-state index in [9.17, 15) is 0 Å². The number of rotatable bonds is 8. The lowest BCUT2D eigenvalue weighted by molar-refractivity contribution is 0.483. The van der Waals surface area contributed by atoms with Crippen molar-refractivity contribution in [3.63, 3.8) is 0 Å². The Bertz CT molecular complexity index is 2730. The van der Waals surface area contributed by atoms with Crippen molar-refractivity contribution in [3.05, 3.63) is 163 Å². The molecule has 4 heterocycles.